The Bertz CT molecular complexity index is 685. The van der Waals surface area contributed by atoms with E-state index in [0.29, 0.717) is 10.9 Å². The number of hydrogen-bond acceptors (Lipinski definition) is 5. The summed E-state index contributed by atoms with van der Waals surface area (Å²) in [5.41, 5.74) is 1.22. The van der Waals surface area contributed by atoms with Gasteiger partial charge in [-0.05, 0) is 11.6 Å². The summed E-state index contributed by atoms with van der Waals surface area (Å²) in [4.78, 5) is 24.9. The predicted octanol–water partition coefficient (Wildman–Crippen LogP) is 2.43. The van der Waals surface area contributed by atoms with E-state index in [1.165, 1.54) is 17.3 Å². The third-order valence-electron chi connectivity index (χ3n) is 4.07. The molecule has 0 radical (unpaired) electrons. The van der Waals surface area contributed by atoms with Crippen molar-refractivity contribution in [3.05, 3.63) is 60.4 Å². The minimum Gasteiger partial charge on any atom is -0.339 e. The van der Waals surface area contributed by atoms with Crippen LogP contribution in [0.1, 0.15) is 5.56 Å². The van der Waals surface area contributed by atoms with E-state index < -0.39 is 0 Å². The summed E-state index contributed by atoms with van der Waals surface area (Å²) in [7, 11) is 0. The largest absolute Gasteiger partial charge is 0.339 e. The van der Waals surface area contributed by atoms with Crippen LogP contribution in [0.5, 0.6) is 0 Å². The second kappa shape index (κ2) is 9.34. The summed E-state index contributed by atoms with van der Waals surface area (Å²) in [5, 5.41) is 0.653. The highest BCUT2D eigenvalue weighted by molar-refractivity contribution is 7.99. The predicted molar refractivity (Wildman–Crippen MR) is 101 cm³/mol. The van der Waals surface area contributed by atoms with Crippen LogP contribution < -0.4 is 0 Å². The Morgan fingerprint density at radius 1 is 1.04 bits per heavy atom. The van der Waals surface area contributed by atoms with Gasteiger partial charge >= 0.3 is 0 Å². The van der Waals surface area contributed by atoms with Crippen molar-refractivity contribution in [1.82, 2.24) is 19.8 Å². The molecule has 1 aromatic carbocycles. The number of nitrogens with zero attached hydrogens (tertiary/aromatic N) is 4. The van der Waals surface area contributed by atoms with Crippen molar-refractivity contribution in [2.24, 2.45) is 0 Å². The Morgan fingerprint density at radius 3 is 2.48 bits per heavy atom. The third kappa shape index (κ3) is 5.69. The molecular weight excluding hydrogens is 332 g/mol. The number of carbonyl (C=O) groups excluding carboxylic acids is 1. The topological polar surface area (TPSA) is 49.3 Å². The van der Waals surface area contributed by atoms with Crippen molar-refractivity contribution < 1.29 is 4.79 Å². The first-order valence-corrected chi connectivity index (χ1v) is 9.41. The number of hydrogen-bond donors (Lipinski definition) is 0. The van der Waals surface area contributed by atoms with Crippen molar-refractivity contribution >= 4 is 23.7 Å². The lowest BCUT2D eigenvalue weighted by molar-refractivity contribution is -0.130. The zero-order valence-electron chi connectivity index (χ0n) is 14.1. The molecule has 0 bridgehead atoms. The molecule has 6 heteroatoms. The molecule has 2 aromatic rings. The number of rotatable bonds is 6. The molecule has 1 saturated heterocycles. The molecule has 1 amide bonds. The smallest absolute Gasteiger partial charge is 0.233 e. The zero-order chi connectivity index (χ0) is 17.3. The van der Waals surface area contributed by atoms with Crippen LogP contribution in [0.15, 0.2) is 60.0 Å². The van der Waals surface area contributed by atoms with Crippen molar-refractivity contribution in [3.8, 4) is 0 Å². The maximum atomic E-state index is 12.3. The van der Waals surface area contributed by atoms with Gasteiger partial charge in [0.15, 0.2) is 5.16 Å². The molecule has 0 unspecified atom stereocenters. The molecule has 0 spiro atoms. The van der Waals surface area contributed by atoms with Crippen molar-refractivity contribution in [2.45, 2.75) is 5.16 Å². The second-order valence-electron chi connectivity index (χ2n) is 5.81. The van der Waals surface area contributed by atoms with Crippen LogP contribution in [0.2, 0.25) is 0 Å². The lowest BCUT2D eigenvalue weighted by Gasteiger charge is -2.34. The second-order valence-corrected chi connectivity index (χ2v) is 6.76. The van der Waals surface area contributed by atoms with E-state index in [-0.39, 0.29) is 5.91 Å². The van der Waals surface area contributed by atoms with E-state index >= 15 is 0 Å². The lowest BCUT2D eigenvalue weighted by Crippen LogP contribution is -2.49. The van der Waals surface area contributed by atoms with Gasteiger partial charge in [-0.15, -0.1) is 0 Å². The highest BCUT2D eigenvalue weighted by atomic mass is 32.2. The molecule has 1 aromatic heterocycles. The highest BCUT2D eigenvalue weighted by Gasteiger charge is 2.20. The van der Waals surface area contributed by atoms with Crippen LogP contribution >= 0.6 is 11.8 Å². The van der Waals surface area contributed by atoms with Crippen LogP contribution in [0.4, 0.5) is 0 Å². The third-order valence-corrected chi connectivity index (χ3v) is 4.93. The fraction of sp³-hybridized carbons (Fsp3) is 0.316. The SMILES string of the molecule is O=C(CSc1ncccn1)N1CCN(C/C=C/c2ccccc2)CC1. The quantitative estimate of drug-likeness (QED) is 0.589. The monoisotopic (exact) mass is 354 g/mol. The Hall–Kier alpha value is -2.18. The molecule has 0 N–H and O–H groups in total. The Kier molecular flexibility index (Phi) is 6.59. The zero-order valence-corrected chi connectivity index (χ0v) is 14.9. The number of aromatic nitrogens is 2. The van der Waals surface area contributed by atoms with Crippen molar-refractivity contribution in [1.29, 1.82) is 0 Å². The normalized spacial score (nSPS) is 15.6. The van der Waals surface area contributed by atoms with Crippen molar-refractivity contribution in [2.75, 3.05) is 38.5 Å². The molecule has 130 valence electrons. The van der Waals surface area contributed by atoms with Gasteiger partial charge in [0.05, 0.1) is 5.75 Å². The molecule has 1 aliphatic rings. The Labute approximate surface area is 152 Å². The van der Waals surface area contributed by atoms with Crippen LogP contribution in [0, 0.1) is 0 Å². The number of amides is 1. The standard InChI is InChI=1S/C19H22N4OS/c24-18(16-25-19-20-9-5-10-21-19)23-14-12-22(13-15-23)11-4-8-17-6-2-1-3-7-17/h1-10H,11-16H2/b8-4+. The molecule has 5 nitrogen and oxygen atoms in total. The molecule has 3 rings (SSSR count). The highest BCUT2D eigenvalue weighted by Crippen LogP contribution is 2.13. The van der Waals surface area contributed by atoms with E-state index in [1.54, 1.807) is 18.5 Å². The van der Waals surface area contributed by atoms with E-state index in [0.717, 1.165) is 32.7 Å². The molecule has 0 aliphatic carbocycles. The Morgan fingerprint density at radius 2 is 1.76 bits per heavy atom. The van der Waals surface area contributed by atoms with Gasteiger partial charge < -0.3 is 4.90 Å². The first-order chi connectivity index (χ1) is 12.3. The fourth-order valence-corrected chi connectivity index (χ4v) is 3.37. The molecule has 1 fully saturated rings. The van der Waals surface area contributed by atoms with Gasteiger partial charge in [0.1, 0.15) is 0 Å². The average molecular weight is 354 g/mol. The van der Waals surface area contributed by atoms with E-state index in [9.17, 15) is 4.79 Å². The number of carbonyl (C=O) groups is 1. The van der Waals surface area contributed by atoms with Gasteiger partial charge in [-0.1, -0.05) is 54.2 Å². The summed E-state index contributed by atoms with van der Waals surface area (Å²) in [5.74, 6) is 0.565. The fourth-order valence-electron chi connectivity index (χ4n) is 2.66. The van der Waals surface area contributed by atoms with Gasteiger partial charge in [0.2, 0.25) is 5.91 Å². The summed E-state index contributed by atoms with van der Waals surface area (Å²) >= 11 is 1.40. The lowest BCUT2D eigenvalue weighted by atomic mass is 10.2. The molecule has 0 saturated carbocycles. The summed E-state index contributed by atoms with van der Waals surface area (Å²) in [6.07, 6.45) is 7.73. The van der Waals surface area contributed by atoms with Gasteiger partial charge in [0.25, 0.3) is 0 Å². The maximum Gasteiger partial charge on any atom is 0.233 e. The van der Waals surface area contributed by atoms with Crippen LogP contribution in [0.3, 0.4) is 0 Å². The first kappa shape index (κ1) is 17.6. The summed E-state index contributed by atoms with van der Waals surface area (Å²) in [6, 6.07) is 12.1. The molecule has 25 heavy (non-hydrogen) atoms. The molecule has 1 aliphatic heterocycles. The van der Waals surface area contributed by atoms with Crippen LogP contribution in [-0.2, 0) is 4.79 Å². The minimum atomic E-state index is 0.164. The molecular formula is C19H22N4OS. The number of thioether (sulfide) groups is 1. The van der Waals surface area contributed by atoms with Gasteiger partial charge in [-0.25, -0.2) is 9.97 Å². The molecule has 0 atom stereocenters. The van der Waals surface area contributed by atoms with Crippen LogP contribution in [0.25, 0.3) is 6.08 Å². The average Bonchev–Trinajstić information content (AvgIpc) is 2.68. The summed E-state index contributed by atoms with van der Waals surface area (Å²) in [6.45, 7) is 4.32. The number of benzene rings is 1. The van der Waals surface area contributed by atoms with E-state index in [4.69, 9.17) is 0 Å². The Balaban J connectivity index is 1.38. The van der Waals surface area contributed by atoms with E-state index in [1.807, 2.05) is 23.1 Å². The van der Waals surface area contributed by atoms with Crippen molar-refractivity contribution in [3.63, 3.8) is 0 Å². The van der Waals surface area contributed by atoms with Gasteiger partial charge in [0, 0.05) is 45.1 Å². The first-order valence-electron chi connectivity index (χ1n) is 8.43. The molecule has 2 heterocycles. The summed E-state index contributed by atoms with van der Waals surface area (Å²) < 4.78 is 0. The van der Waals surface area contributed by atoms with Gasteiger partial charge in [-0.2, -0.15) is 0 Å². The van der Waals surface area contributed by atoms with Gasteiger partial charge in [-0.3, -0.25) is 9.69 Å². The minimum absolute atomic E-state index is 0.164. The van der Waals surface area contributed by atoms with Crippen LogP contribution in [-0.4, -0.2) is 64.2 Å². The maximum absolute atomic E-state index is 12.3. The van der Waals surface area contributed by atoms with E-state index in [2.05, 4.69) is 39.2 Å². The number of piperazine rings is 1.